The average Bonchev–Trinajstić information content (AvgIpc) is 3.47. The minimum atomic E-state index is -1.11. The summed E-state index contributed by atoms with van der Waals surface area (Å²) in [4.78, 5) is 48.9. The first-order chi connectivity index (χ1) is 18.2. The molecule has 1 N–H and O–H groups in total. The molecule has 0 radical (unpaired) electrons. The summed E-state index contributed by atoms with van der Waals surface area (Å²) in [6, 6.07) is 20.5. The van der Waals surface area contributed by atoms with Gasteiger partial charge in [0.05, 0.1) is 34.1 Å². The normalized spacial score (nSPS) is 25.5. The molecular formula is C31H28N4O3. The van der Waals surface area contributed by atoms with Crippen LogP contribution in [0.5, 0.6) is 0 Å². The molecule has 2 unspecified atom stereocenters. The third kappa shape index (κ3) is 2.77. The monoisotopic (exact) mass is 504 g/mol. The van der Waals surface area contributed by atoms with Crippen LogP contribution >= 0.6 is 0 Å². The Morgan fingerprint density at radius 1 is 0.895 bits per heavy atom. The van der Waals surface area contributed by atoms with E-state index < -0.39 is 17.4 Å². The van der Waals surface area contributed by atoms with Crippen LogP contribution in [0.15, 0.2) is 71.5 Å². The van der Waals surface area contributed by atoms with E-state index in [9.17, 15) is 14.4 Å². The first kappa shape index (κ1) is 23.0. The van der Waals surface area contributed by atoms with E-state index in [0.717, 1.165) is 16.7 Å². The van der Waals surface area contributed by atoms with Crippen LogP contribution in [0, 0.1) is 31.6 Å². The van der Waals surface area contributed by atoms with Gasteiger partial charge in [-0.25, -0.2) is 9.88 Å². The van der Waals surface area contributed by atoms with Crippen LogP contribution in [-0.4, -0.2) is 27.4 Å². The standard InChI is InChI=1S/C31H28N4O3/c1-16(2)26-24-25(29(38)34(28(24)37)19-14-17(3)13-18(4)15-19)31(33-26)21-10-6-8-12-23(21)35-27(36)20-9-5-7-11-22(20)32-30(31)35/h5-16,24-26,33H,1-4H3/t24-,25-,26?,31?/m1/s1. The van der Waals surface area contributed by atoms with Gasteiger partial charge in [-0.2, -0.15) is 0 Å². The number of nitrogens with zero attached hydrogens (tertiary/aromatic N) is 3. The third-order valence-corrected chi connectivity index (χ3v) is 8.48. The summed E-state index contributed by atoms with van der Waals surface area (Å²) >= 11 is 0. The quantitative estimate of drug-likeness (QED) is 0.418. The lowest BCUT2D eigenvalue weighted by Crippen LogP contribution is -2.51. The number of carbonyl (C=O) groups excluding carboxylic acids is 2. The summed E-state index contributed by atoms with van der Waals surface area (Å²) < 4.78 is 1.64. The highest BCUT2D eigenvalue weighted by molar-refractivity contribution is 6.23. The molecule has 190 valence electrons. The molecule has 0 bridgehead atoms. The molecule has 3 aromatic carbocycles. The Morgan fingerprint density at radius 2 is 1.58 bits per heavy atom. The lowest BCUT2D eigenvalue weighted by molar-refractivity contribution is -0.123. The van der Waals surface area contributed by atoms with E-state index >= 15 is 0 Å². The van der Waals surface area contributed by atoms with Crippen molar-refractivity contribution in [3.05, 3.63) is 99.6 Å². The summed E-state index contributed by atoms with van der Waals surface area (Å²) in [5.41, 5.74) is 3.37. The van der Waals surface area contributed by atoms with Crippen molar-refractivity contribution in [2.75, 3.05) is 4.90 Å². The van der Waals surface area contributed by atoms with Crippen LogP contribution in [0.4, 0.5) is 5.69 Å². The Kier molecular flexibility index (Phi) is 4.68. The molecule has 2 saturated heterocycles. The van der Waals surface area contributed by atoms with Crippen LogP contribution in [0.25, 0.3) is 16.6 Å². The van der Waals surface area contributed by atoms with Crippen LogP contribution in [0.2, 0.25) is 0 Å². The van der Waals surface area contributed by atoms with Crippen molar-refractivity contribution in [1.82, 2.24) is 14.9 Å². The highest BCUT2D eigenvalue weighted by Gasteiger charge is 2.70. The first-order valence-corrected chi connectivity index (χ1v) is 13.1. The molecule has 2 amide bonds. The minimum absolute atomic E-state index is 0.0613. The summed E-state index contributed by atoms with van der Waals surface area (Å²) in [5, 5.41) is 4.25. The second-order valence-electron chi connectivity index (χ2n) is 11.2. The summed E-state index contributed by atoms with van der Waals surface area (Å²) in [7, 11) is 0. The predicted molar refractivity (Wildman–Crippen MR) is 145 cm³/mol. The summed E-state index contributed by atoms with van der Waals surface area (Å²) in [6.45, 7) is 8.06. The average molecular weight is 505 g/mol. The molecule has 1 spiro atoms. The molecule has 38 heavy (non-hydrogen) atoms. The molecular weight excluding hydrogens is 476 g/mol. The van der Waals surface area contributed by atoms with Crippen LogP contribution in [-0.2, 0) is 15.1 Å². The molecule has 4 atom stereocenters. The lowest BCUT2D eigenvalue weighted by atomic mass is 9.75. The van der Waals surface area contributed by atoms with Crippen molar-refractivity contribution < 1.29 is 9.59 Å². The van der Waals surface area contributed by atoms with Gasteiger partial charge in [-0.05, 0) is 61.2 Å². The minimum Gasteiger partial charge on any atom is -0.296 e. The number of rotatable bonds is 2. The van der Waals surface area contributed by atoms with Crippen LogP contribution < -0.4 is 15.8 Å². The summed E-state index contributed by atoms with van der Waals surface area (Å²) in [6.07, 6.45) is 0. The van der Waals surface area contributed by atoms with Crippen LogP contribution in [0.1, 0.15) is 36.4 Å². The second kappa shape index (κ2) is 7.71. The van der Waals surface area contributed by atoms with Gasteiger partial charge in [-0.15, -0.1) is 0 Å². The molecule has 7 heteroatoms. The molecule has 2 fully saturated rings. The Balaban J connectivity index is 1.53. The number of para-hydroxylation sites is 2. The lowest BCUT2D eigenvalue weighted by Gasteiger charge is -2.32. The van der Waals surface area contributed by atoms with E-state index in [4.69, 9.17) is 4.98 Å². The van der Waals surface area contributed by atoms with Gasteiger partial charge in [0.1, 0.15) is 11.4 Å². The van der Waals surface area contributed by atoms with Crippen molar-refractivity contribution in [2.45, 2.75) is 39.3 Å². The Labute approximate surface area is 220 Å². The maximum Gasteiger partial charge on any atom is 0.266 e. The van der Waals surface area contributed by atoms with E-state index in [-0.39, 0.29) is 29.3 Å². The van der Waals surface area contributed by atoms with Gasteiger partial charge in [0.25, 0.3) is 5.56 Å². The predicted octanol–water partition coefficient (Wildman–Crippen LogP) is 3.99. The number of aryl methyl sites for hydroxylation is 2. The first-order valence-electron chi connectivity index (χ1n) is 13.1. The fraction of sp³-hybridized carbons (Fsp3) is 0.290. The largest absolute Gasteiger partial charge is 0.296 e. The zero-order valence-corrected chi connectivity index (χ0v) is 21.7. The molecule has 3 aliphatic rings. The Hall–Kier alpha value is -4.10. The molecule has 1 aromatic heterocycles. The zero-order chi connectivity index (χ0) is 26.5. The van der Waals surface area contributed by atoms with E-state index in [1.165, 1.54) is 4.90 Å². The number of aromatic nitrogens is 2. The molecule has 7 nitrogen and oxygen atoms in total. The fourth-order valence-electron chi connectivity index (χ4n) is 7.06. The smallest absolute Gasteiger partial charge is 0.266 e. The third-order valence-electron chi connectivity index (χ3n) is 8.48. The van der Waals surface area contributed by atoms with Crippen LogP contribution in [0.3, 0.4) is 0 Å². The Morgan fingerprint density at radius 3 is 2.32 bits per heavy atom. The van der Waals surface area contributed by atoms with Gasteiger partial charge < -0.3 is 0 Å². The number of anilines is 1. The van der Waals surface area contributed by atoms with Gasteiger partial charge in [0, 0.05) is 11.6 Å². The van der Waals surface area contributed by atoms with Gasteiger partial charge in [-0.1, -0.05) is 50.2 Å². The molecule has 4 aromatic rings. The number of imide groups is 1. The SMILES string of the molecule is Cc1cc(C)cc(N2C(=O)[C@H]3C(C(C)C)NC4(c5ccccc5-n5c4nc4ccccc4c5=O)[C@H]3C2=O)c1. The number of nitrogens with one attached hydrogen (secondary N) is 1. The van der Waals surface area contributed by atoms with Gasteiger partial charge in [0.2, 0.25) is 11.8 Å². The van der Waals surface area contributed by atoms with Gasteiger partial charge in [0.15, 0.2) is 0 Å². The molecule has 4 heterocycles. The maximum absolute atomic E-state index is 14.5. The molecule has 7 rings (SSSR count). The number of amides is 2. The highest BCUT2D eigenvalue weighted by Crippen LogP contribution is 2.56. The van der Waals surface area contributed by atoms with Crippen molar-refractivity contribution in [3.63, 3.8) is 0 Å². The Bertz CT molecular complexity index is 1740. The maximum atomic E-state index is 14.5. The number of fused-ring (bicyclic) bond motifs is 8. The second-order valence-corrected chi connectivity index (χ2v) is 11.2. The van der Waals surface area contributed by atoms with Crippen molar-refractivity contribution in [1.29, 1.82) is 0 Å². The molecule has 0 saturated carbocycles. The number of hydrogen-bond acceptors (Lipinski definition) is 5. The highest BCUT2D eigenvalue weighted by atomic mass is 16.2. The van der Waals surface area contributed by atoms with E-state index in [1.807, 2.05) is 74.5 Å². The van der Waals surface area contributed by atoms with E-state index in [2.05, 4.69) is 19.2 Å². The topological polar surface area (TPSA) is 84.3 Å². The number of benzene rings is 3. The van der Waals surface area contributed by atoms with Gasteiger partial charge in [-0.3, -0.25) is 24.3 Å². The molecule has 0 aliphatic carbocycles. The molecule has 3 aliphatic heterocycles. The van der Waals surface area contributed by atoms with E-state index in [0.29, 0.717) is 28.1 Å². The van der Waals surface area contributed by atoms with Crippen molar-refractivity contribution in [2.24, 2.45) is 17.8 Å². The van der Waals surface area contributed by atoms with Crippen molar-refractivity contribution >= 4 is 28.4 Å². The summed E-state index contributed by atoms with van der Waals surface area (Å²) in [5.74, 6) is -1.26. The number of hydrogen-bond donors (Lipinski definition) is 1. The van der Waals surface area contributed by atoms with E-state index in [1.54, 1.807) is 10.6 Å². The number of carbonyl (C=O) groups is 2. The van der Waals surface area contributed by atoms with Crippen molar-refractivity contribution in [3.8, 4) is 5.69 Å². The van der Waals surface area contributed by atoms with Gasteiger partial charge >= 0.3 is 0 Å². The zero-order valence-electron chi connectivity index (χ0n) is 21.7. The fourth-order valence-corrected chi connectivity index (χ4v) is 7.06.